The first-order chi connectivity index (χ1) is 10.4. The monoisotopic (exact) mass is 299 g/mol. The fourth-order valence-corrected chi connectivity index (χ4v) is 6.96. The summed E-state index contributed by atoms with van der Waals surface area (Å²) in [6.07, 6.45) is 8.58. The number of imide groups is 1. The van der Waals surface area contributed by atoms with E-state index in [4.69, 9.17) is 0 Å². The highest BCUT2D eigenvalue weighted by Gasteiger charge is 2.70. The zero-order valence-electron chi connectivity index (χ0n) is 13.7. The summed E-state index contributed by atoms with van der Waals surface area (Å²) in [5.74, 6) is 3.96. The van der Waals surface area contributed by atoms with Crippen LogP contribution in [0.3, 0.4) is 0 Å². The molecule has 3 heteroatoms. The van der Waals surface area contributed by atoms with Gasteiger partial charge >= 0.3 is 0 Å². The Hall–Kier alpha value is -1.12. The minimum Gasteiger partial charge on any atom is -0.277 e. The molecule has 5 aliphatic carbocycles. The molecule has 0 radical (unpaired) electrons. The van der Waals surface area contributed by atoms with Gasteiger partial charge in [0.25, 0.3) is 0 Å². The van der Waals surface area contributed by atoms with E-state index in [-0.39, 0.29) is 29.2 Å². The maximum Gasteiger partial charge on any atom is 0.233 e. The second-order valence-corrected chi connectivity index (χ2v) is 9.24. The number of amides is 2. The molecule has 0 spiro atoms. The number of nitrogens with zero attached hydrogens (tertiary/aromatic N) is 1. The van der Waals surface area contributed by atoms with E-state index in [0.29, 0.717) is 35.5 Å². The number of rotatable bonds is 0. The smallest absolute Gasteiger partial charge is 0.233 e. The third-order valence-electron chi connectivity index (χ3n) is 7.40. The Morgan fingerprint density at radius 1 is 0.909 bits per heavy atom. The summed E-state index contributed by atoms with van der Waals surface area (Å²) >= 11 is 0. The average molecular weight is 299 g/mol. The second kappa shape index (κ2) is 3.85. The second-order valence-electron chi connectivity index (χ2n) is 9.24. The molecule has 1 saturated heterocycles. The Kier molecular flexibility index (Phi) is 2.34. The molecule has 6 rings (SSSR count). The van der Waals surface area contributed by atoms with E-state index in [1.807, 2.05) is 20.8 Å². The number of carbonyl (C=O) groups excluding carboxylic acids is 2. The van der Waals surface area contributed by atoms with Gasteiger partial charge in [0.2, 0.25) is 11.8 Å². The van der Waals surface area contributed by atoms with Crippen molar-refractivity contribution >= 4 is 11.8 Å². The fourth-order valence-electron chi connectivity index (χ4n) is 6.96. The normalized spacial score (nSPS) is 51.7. The lowest BCUT2D eigenvalue weighted by Gasteiger charge is -2.49. The Labute approximate surface area is 132 Å². The third-order valence-corrected chi connectivity index (χ3v) is 7.40. The van der Waals surface area contributed by atoms with Gasteiger partial charge in [0.1, 0.15) is 0 Å². The van der Waals surface area contributed by atoms with Crippen LogP contribution in [0.5, 0.6) is 0 Å². The molecular formula is C19H25NO2. The molecule has 8 atom stereocenters. The number of carbonyl (C=O) groups is 2. The molecule has 6 aliphatic rings. The van der Waals surface area contributed by atoms with Gasteiger partial charge in [0.15, 0.2) is 0 Å². The van der Waals surface area contributed by atoms with Crippen LogP contribution in [0.25, 0.3) is 0 Å². The summed E-state index contributed by atoms with van der Waals surface area (Å²) in [4.78, 5) is 27.6. The van der Waals surface area contributed by atoms with Gasteiger partial charge in [-0.2, -0.15) is 0 Å². The molecule has 3 nitrogen and oxygen atoms in total. The number of fused-ring (bicyclic) bond motifs is 6. The molecule has 0 N–H and O–H groups in total. The Bertz CT molecular complexity index is 557. The van der Waals surface area contributed by atoms with Crippen LogP contribution in [0.1, 0.15) is 40.0 Å². The van der Waals surface area contributed by atoms with Crippen molar-refractivity contribution in [3.8, 4) is 0 Å². The van der Waals surface area contributed by atoms with Crippen LogP contribution < -0.4 is 0 Å². The first-order valence-electron chi connectivity index (χ1n) is 8.96. The van der Waals surface area contributed by atoms with Gasteiger partial charge in [-0.15, -0.1) is 0 Å². The number of hydrogen-bond acceptors (Lipinski definition) is 2. The number of likely N-dealkylation sites (tertiary alicyclic amines) is 1. The molecule has 3 saturated carbocycles. The van der Waals surface area contributed by atoms with Crippen LogP contribution in [0.2, 0.25) is 0 Å². The summed E-state index contributed by atoms with van der Waals surface area (Å²) in [6, 6.07) is 0. The van der Waals surface area contributed by atoms with Crippen LogP contribution in [-0.4, -0.2) is 22.3 Å². The zero-order chi connectivity index (χ0) is 15.4. The Balaban J connectivity index is 1.57. The lowest BCUT2D eigenvalue weighted by Crippen LogP contribution is -2.46. The minimum absolute atomic E-state index is 0.00530. The standard InChI is InChI=1S/C19H25NO2/c1-19(2,3)20-17(21)15-11-8-12(16(15)18(20)22)14-10-5-4-9(6-7-10)13(11)14/h4-5,9-16H,6-8H2,1-3H3. The van der Waals surface area contributed by atoms with Crippen LogP contribution in [0.4, 0.5) is 0 Å². The van der Waals surface area contributed by atoms with Gasteiger partial charge in [-0.1, -0.05) is 12.2 Å². The van der Waals surface area contributed by atoms with Crippen molar-refractivity contribution in [1.29, 1.82) is 0 Å². The van der Waals surface area contributed by atoms with Gasteiger partial charge in [-0.05, 0) is 75.5 Å². The largest absolute Gasteiger partial charge is 0.277 e. The van der Waals surface area contributed by atoms with E-state index in [0.717, 1.165) is 6.42 Å². The van der Waals surface area contributed by atoms with E-state index in [9.17, 15) is 9.59 Å². The van der Waals surface area contributed by atoms with Gasteiger partial charge in [0, 0.05) is 5.54 Å². The highest BCUT2D eigenvalue weighted by atomic mass is 16.2. The molecule has 0 aromatic rings. The lowest BCUT2D eigenvalue weighted by molar-refractivity contribution is -0.146. The van der Waals surface area contributed by atoms with Crippen molar-refractivity contribution in [3.05, 3.63) is 12.2 Å². The number of allylic oxidation sites excluding steroid dienone is 2. The van der Waals surface area contributed by atoms with Crippen LogP contribution in [0, 0.1) is 47.3 Å². The SMILES string of the molecule is CC(C)(C)N1C(=O)C2C3CC(C2C1=O)C1C2C=CC(CC2)C31. The van der Waals surface area contributed by atoms with Crippen LogP contribution >= 0.6 is 0 Å². The van der Waals surface area contributed by atoms with Crippen molar-refractivity contribution in [3.63, 3.8) is 0 Å². The molecule has 0 aromatic carbocycles. The van der Waals surface area contributed by atoms with Crippen molar-refractivity contribution < 1.29 is 9.59 Å². The van der Waals surface area contributed by atoms with E-state index >= 15 is 0 Å². The predicted octanol–water partition coefficient (Wildman–Crippen LogP) is 2.86. The molecule has 22 heavy (non-hydrogen) atoms. The molecule has 8 unspecified atom stereocenters. The van der Waals surface area contributed by atoms with Gasteiger partial charge < -0.3 is 0 Å². The Morgan fingerprint density at radius 2 is 1.36 bits per heavy atom. The van der Waals surface area contributed by atoms with E-state index < -0.39 is 0 Å². The van der Waals surface area contributed by atoms with Crippen LogP contribution in [-0.2, 0) is 9.59 Å². The summed E-state index contributed by atoms with van der Waals surface area (Å²) in [5.41, 5.74) is -0.375. The summed E-state index contributed by atoms with van der Waals surface area (Å²) in [6.45, 7) is 5.97. The molecule has 2 amide bonds. The van der Waals surface area contributed by atoms with Crippen molar-refractivity contribution in [2.24, 2.45) is 47.3 Å². The van der Waals surface area contributed by atoms with Gasteiger partial charge in [-0.25, -0.2) is 0 Å². The molecule has 1 heterocycles. The molecule has 4 bridgehead atoms. The van der Waals surface area contributed by atoms with E-state index in [1.54, 1.807) is 4.90 Å². The first kappa shape index (κ1) is 13.3. The minimum atomic E-state index is -0.375. The van der Waals surface area contributed by atoms with E-state index in [2.05, 4.69) is 12.2 Å². The summed E-state index contributed by atoms with van der Waals surface area (Å²) < 4.78 is 0. The van der Waals surface area contributed by atoms with Gasteiger partial charge in [-0.3, -0.25) is 14.5 Å². The molecule has 118 valence electrons. The Morgan fingerprint density at radius 3 is 1.73 bits per heavy atom. The van der Waals surface area contributed by atoms with Gasteiger partial charge in [0.05, 0.1) is 11.8 Å². The third kappa shape index (κ3) is 1.35. The van der Waals surface area contributed by atoms with Crippen molar-refractivity contribution in [2.75, 3.05) is 0 Å². The maximum absolute atomic E-state index is 13.0. The van der Waals surface area contributed by atoms with Crippen LogP contribution in [0.15, 0.2) is 12.2 Å². The topological polar surface area (TPSA) is 37.4 Å². The first-order valence-corrected chi connectivity index (χ1v) is 8.96. The molecule has 0 aromatic heterocycles. The number of hydrogen-bond donors (Lipinski definition) is 0. The average Bonchev–Trinajstić information content (AvgIpc) is 3.10. The molecule has 4 fully saturated rings. The lowest BCUT2D eigenvalue weighted by atomic mass is 9.54. The molecule has 1 aliphatic heterocycles. The summed E-state index contributed by atoms with van der Waals surface area (Å²) in [5, 5.41) is 0. The van der Waals surface area contributed by atoms with Crippen molar-refractivity contribution in [1.82, 2.24) is 4.90 Å². The zero-order valence-corrected chi connectivity index (χ0v) is 13.7. The highest BCUT2D eigenvalue weighted by Crippen LogP contribution is 2.68. The maximum atomic E-state index is 13.0. The fraction of sp³-hybridized carbons (Fsp3) is 0.789. The van der Waals surface area contributed by atoms with Crippen molar-refractivity contribution in [2.45, 2.75) is 45.6 Å². The quantitative estimate of drug-likeness (QED) is 0.509. The molecular weight excluding hydrogens is 274 g/mol. The summed E-state index contributed by atoms with van der Waals surface area (Å²) in [7, 11) is 0. The highest BCUT2D eigenvalue weighted by molar-refractivity contribution is 6.06. The van der Waals surface area contributed by atoms with E-state index in [1.165, 1.54) is 12.8 Å². The predicted molar refractivity (Wildman–Crippen MR) is 82.5 cm³/mol.